The Hall–Kier alpha value is -4.22. The second kappa shape index (κ2) is 10.6. The monoisotopic (exact) mass is 602 g/mol. The molecule has 2 N–H and O–H groups in total. The molecule has 0 saturated heterocycles. The number of carbonyl (C=O) groups excluding carboxylic acids is 3. The fraction of sp³-hybridized carbons (Fsp3) is 0.357. The molecule has 220 valence electrons. The van der Waals surface area contributed by atoms with E-state index in [4.69, 9.17) is 0 Å². The van der Waals surface area contributed by atoms with Crippen molar-refractivity contribution in [1.29, 1.82) is 5.26 Å². The summed E-state index contributed by atoms with van der Waals surface area (Å²) in [4.78, 5) is 42.3. The van der Waals surface area contributed by atoms with Crippen molar-refractivity contribution in [1.82, 2.24) is 10.2 Å². The Labute approximate surface area is 238 Å². The van der Waals surface area contributed by atoms with Crippen molar-refractivity contribution >= 4 is 33.4 Å². The first-order valence-corrected chi connectivity index (χ1v) is 14.9. The lowest BCUT2D eigenvalue weighted by Gasteiger charge is -2.41. The van der Waals surface area contributed by atoms with Crippen LogP contribution in [0.3, 0.4) is 0 Å². The number of ketones is 1. The number of nitrogens with one attached hydrogen (secondary N) is 1. The van der Waals surface area contributed by atoms with Crippen LogP contribution < -0.4 is 10.2 Å². The first kappa shape index (κ1) is 29.3. The van der Waals surface area contributed by atoms with Gasteiger partial charge in [-0.1, -0.05) is 12.1 Å². The van der Waals surface area contributed by atoms with Gasteiger partial charge in [-0.2, -0.15) is 18.4 Å². The van der Waals surface area contributed by atoms with Crippen LogP contribution in [0.5, 0.6) is 0 Å². The number of rotatable bonds is 5. The highest BCUT2D eigenvalue weighted by molar-refractivity contribution is 7.90. The van der Waals surface area contributed by atoms with Crippen molar-refractivity contribution in [2.24, 2.45) is 5.92 Å². The Bertz CT molecular complexity index is 1670. The van der Waals surface area contributed by atoms with Gasteiger partial charge in [-0.25, -0.2) is 22.9 Å². The van der Waals surface area contributed by atoms with E-state index in [0.29, 0.717) is 17.7 Å². The Kier molecular flexibility index (Phi) is 7.36. The van der Waals surface area contributed by atoms with E-state index in [0.717, 1.165) is 35.4 Å². The second-order valence-corrected chi connectivity index (χ2v) is 12.5. The van der Waals surface area contributed by atoms with E-state index in [2.05, 4.69) is 5.32 Å². The van der Waals surface area contributed by atoms with Crippen LogP contribution in [0.4, 0.5) is 28.4 Å². The van der Waals surface area contributed by atoms with Crippen LogP contribution in [0, 0.1) is 17.2 Å². The van der Waals surface area contributed by atoms with Crippen molar-refractivity contribution in [3.8, 4) is 6.07 Å². The molecule has 4 amide bonds. The minimum Gasteiger partial charge on any atom is -0.393 e. The molecule has 0 bridgehead atoms. The maximum Gasteiger partial charge on any atom is 0.416 e. The molecule has 2 aliphatic carbocycles. The highest BCUT2D eigenvalue weighted by Gasteiger charge is 2.50. The van der Waals surface area contributed by atoms with Gasteiger partial charge in [0.2, 0.25) is 0 Å². The van der Waals surface area contributed by atoms with Gasteiger partial charge in [-0.3, -0.25) is 9.69 Å². The number of nitriles is 1. The zero-order valence-corrected chi connectivity index (χ0v) is 23.0. The Morgan fingerprint density at radius 2 is 1.86 bits per heavy atom. The van der Waals surface area contributed by atoms with E-state index in [1.54, 1.807) is 0 Å². The molecule has 0 aromatic heterocycles. The van der Waals surface area contributed by atoms with Crippen LogP contribution in [0.1, 0.15) is 48.4 Å². The SMILES string of the molecule is CS(=O)(=O)c1cc(C#N)ccc1[C@@H]1C2=C(CCC2=O)N(c2cccc(C(F)(F)F)c2)C(=O)N1C(=O)NCC1CC(O)C1. The summed E-state index contributed by atoms with van der Waals surface area (Å²) in [5, 5.41) is 21.6. The lowest BCUT2D eigenvalue weighted by molar-refractivity contribution is -0.137. The lowest BCUT2D eigenvalue weighted by atomic mass is 9.82. The second-order valence-electron chi connectivity index (χ2n) is 10.5. The molecule has 2 aromatic rings. The number of hydrogen-bond donors (Lipinski definition) is 2. The maximum atomic E-state index is 14.1. The van der Waals surface area contributed by atoms with Crippen LogP contribution in [0.25, 0.3) is 0 Å². The van der Waals surface area contributed by atoms with Gasteiger partial charge in [0, 0.05) is 30.5 Å². The van der Waals surface area contributed by atoms with Gasteiger partial charge >= 0.3 is 18.2 Å². The number of imide groups is 1. The van der Waals surface area contributed by atoms with Crippen LogP contribution in [-0.4, -0.2) is 55.2 Å². The highest BCUT2D eigenvalue weighted by atomic mass is 32.2. The van der Waals surface area contributed by atoms with Crippen molar-refractivity contribution < 1.29 is 41.1 Å². The van der Waals surface area contributed by atoms with Crippen LogP contribution in [-0.2, 0) is 20.8 Å². The van der Waals surface area contributed by atoms with Crippen LogP contribution in [0.15, 0.2) is 58.6 Å². The summed E-state index contributed by atoms with van der Waals surface area (Å²) in [5.41, 5.74) is -1.44. The number of halogens is 3. The third kappa shape index (κ3) is 5.25. The number of carbonyl (C=O) groups is 3. The summed E-state index contributed by atoms with van der Waals surface area (Å²) in [6, 6.07) is 5.76. The van der Waals surface area contributed by atoms with E-state index in [-0.39, 0.29) is 58.3 Å². The van der Waals surface area contributed by atoms with Crippen LogP contribution >= 0.6 is 0 Å². The van der Waals surface area contributed by atoms with Crippen molar-refractivity contribution in [3.05, 3.63) is 70.4 Å². The number of amides is 4. The molecule has 10 nitrogen and oxygen atoms in total. The number of anilines is 1. The number of hydrogen-bond acceptors (Lipinski definition) is 7. The smallest absolute Gasteiger partial charge is 0.393 e. The Morgan fingerprint density at radius 3 is 2.48 bits per heavy atom. The van der Waals surface area contributed by atoms with Gasteiger partial charge in [0.05, 0.1) is 33.9 Å². The van der Waals surface area contributed by atoms with Gasteiger partial charge in [-0.05, 0) is 61.1 Å². The van der Waals surface area contributed by atoms with Gasteiger partial charge < -0.3 is 10.4 Å². The number of aliphatic hydroxyl groups excluding tert-OH is 1. The number of alkyl halides is 3. The molecular formula is C28H25F3N4O6S. The summed E-state index contributed by atoms with van der Waals surface area (Å²) >= 11 is 0. The molecule has 0 unspecified atom stereocenters. The topological polar surface area (TPSA) is 148 Å². The normalized spacial score (nSPS) is 22.5. The van der Waals surface area contributed by atoms with E-state index < -0.39 is 51.6 Å². The number of sulfone groups is 1. The van der Waals surface area contributed by atoms with Gasteiger partial charge in [0.25, 0.3) is 0 Å². The molecule has 1 aliphatic heterocycles. The number of aliphatic hydroxyl groups is 1. The highest BCUT2D eigenvalue weighted by Crippen LogP contribution is 2.47. The summed E-state index contributed by atoms with van der Waals surface area (Å²) < 4.78 is 66.4. The van der Waals surface area contributed by atoms with E-state index in [1.165, 1.54) is 18.2 Å². The maximum absolute atomic E-state index is 14.1. The minimum atomic E-state index is -4.74. The molecule has 2 aromatic carbocycles. The average molecular weight is 603 g/mol. The average Bonchev–Trinajstić information content (AvgIpc) is 3.29. The number of benzene rings is 2. The van der Waals surface area contributed by atoms with Crippen molar-refractivity contribution in [2.45, 2.75) is 48.9 Å². The summed E-state index contributed by atoms with van der Waals surface area (Å²) in [5.74, 6) is -0.602. The quantitative estimate of drug-likeness (QED) is 0.525. The standard InChI is InChI=1S/C28H25F3N4O6S/c1-42(40,41)23-11-15(13-32)5-6-20(23)25-24-21(7-8-22(24)37)34(18-4-2-3-17(12-18)28(29,30)31)27(39)35(25)26(38)33-14-16-9-19(36)10-16/h2-6,11-12,16,19,25,36H,7-10,14H2,1H3,(H,33,38)/t16?,19?,25-/m1/s1. The Balaban J connectivity index is 1.70. The fourth-order valence-corrected chi connectivity index (χ4v) is 6.54. The van der Waals surface area contributed by atoms with Gasteiger partial charge in [0.1, 0.15) is 6.04 Å². The third-order valence-electron chi connectivity index (χ3n) is 7.64. The first-order chi connectivity index (χ1) is 19.7. The molecule has 1 saturated carbocycles. The zero-order valence-electron chi connectivity index (χ0n) is 22.2. The summed E-state index contributed by atoms with van der Waals surface area (Å²) in [6.45, 7) is 0.0576. The van der Waals surface area contributed by atoms with Gasteiger partial charge in [-0.15, -0.1) is 0 Å². The number of nitrogens with zero attached hydrogens (tertiary/aromatic N) is 3. The summed E-state index contributed by atoms with van der Waals surface area (Å²) in [6.07, 6.45) is -3.71. The molecule has 0 radical (unpaired) electrons. The van der Waals surface area contributed by atoms with E-state index >= 15 is 0 Å². The molecular weight excluding hydrogens is 577 g/mol. The molecule has 14 heteroatoms. The minimum absolute atomic E-state index is 0.0154. The summed E-state index contributed by atoms with van der Waals surface area (Å²) in [7, 11) is -4.06. The number of allylic oxidation sites excluding steroid dienone is 1. The molecule has 0 spiro atoms. The molecule has 1 atom stereocenters. The lowest BCUT2D eigenvalue weighted by Crippen LogP contribution is -2.56. The number of Topliss-reactive ketones (excluding diaryl/α,β-unsaturated/α-hetero) is 1. The molecule has 1 fully saturated rings. The fourth-order valence-electron chi connectivity index (χ4n) is 5.59. The Morgan fingerprint density at radius 1 is 1.14 bits per heavy atom. The van der Waals surface area contributed by atoms with Crippen molar-refractivity contribution in [2.75, 3.05) is 17.7 Å². The number of urea groups is 2. The predicted molar refractivity (Wildman–Crippen MR) is 142 cm³/mol. The largest absolute Gasteiger partial charge is 0.416 e. The third-order valence-corrected chi connectivity index (χ3v) is 8.79. The zero-order chi connectivity index (χ0) is 30.6. The predicted octanol–water partition coefficient (Wildman–Crippen LogP) is 4.06. The molecule has 1 heterocycles. The molecule has 3 aliphatic rings. The van der Waals surface area contributed by atoms with Crippen molar-refractivity contribution in [3.63, 3.8) is 0 Å². The van der Waals surface area contributed by atoms with E-state index in [1.807, 2.05) is 6.07 Å². The van der Waals surface area contributed by atoms with Crippen LogP contribution in [0.2, 0.25) is 0 Å². The molecule has 5 rings (SSSR count). The van der Waals surface area contributed by atoms with E-state index in [9.17, 15) is 46.3 Å². The molecule has 42 heavy (non-hydrogen) atoms. The first-order valence-electron chi connectivity index (χ1n) is 13.0. The van der Waals surface area contributed by atoms with Gasteiger partial charge in [0.15, 0.2) is 15.6 Å².